The van der Waals surface area contributed by atoms with Crippen LogP contribution in [0.2, 0.25) is 0 Å². The summed E-state index contributed by atoms with van der Waals surface area (Å²) in [6.45, 7) is 0. The predicted molar refractivity (Wildman–Crippen MR) is 85.0 cm³/mol. The van der Waals surface area contributed by atoms with Gasteiger partial charge in [0.05, 0.1) is 12.7 Å². The van der Waals surface area contributed by atoms with Gasteiger partial charge in [-0.15, -0.1) is 0 Å². The predicted octanol–water partition coefficient (Wildman–Crippen LogP) is 2.26. The van der Waals surface area contributed by atoms with E-state index in [4.69, 9.17) is 17.0 Å². The molecule has 1 atom stereocenters. The minimum atomic E-state index is -0.769. The van der Waals surface area contributed by atoms with Crippen molar-refractivity contribution in [2.75, 3.05) is 7.11 Å². The third-order valence-corrected chi connectivity index (χ3v) is 3.47. The van der Waals surface area contributed by atoms with Gasteiger partial charge < -0.3 is 15.0 Å². The number of rotatable bonds is 5. The van der Waals surface area contributed by atoms with Gasteiger partial charge in [-0.25, -0.2) is 4.79 Å². The topological polar surface area (TPSA) is 71.2 Å². The van der Waals surface area contributed by atoms with Gasteiger partial charge in [-0.1, -0.05) is 42.5 Å². The number of nitrogens with one attached hydrogen (secondary N) is 2. The highest BCUT2D eigenvalue weighted by atomic mass is 32.1. The summed E-state index contributed by atoms with van der Waals surface area (Å²) in [5.74, 6) is -0.906. The number of carbonyl (C=O) groups excluding carboxylic acids is 2. The first-order valence-corrected chi connectivity index (χ1v) is 7.13. The average molecular weight is 316 g/mol. The van der Waals surface area contributed by atoms with Gasteiger partial charge in [0.25, 0.3) is 5.91 Å². The van der Waals surface area contributed by atoms with E-state index in [-0.39, 0.29) is 0 Å². The average Bonchev–Trinajstić information content (AvgIpc) is 2.54. The van der Waals surface area contributed by atoms with Crippen molar-refractivity contribution in [2.24, 2.45) is 0 Å². The summed E-state index contributed by atoms with van der Waals surface area (Å²) in [6.07, 6.45) is 1.99. The van der Waals surface area contributed by atoms with E-state index in [0.717, 1.165) is 5.56 Å². The molecule has 1 aromatic carbocycles. The summed E-state index contributed by atoms with van der Waals surface area (Å²) >= 11 is 5.07. The molecule has 0 radical (unpaired) electrons. The molecule has 1 aromatic heterocycles. The van der Waals surface area contributed by atoms with Crippen LogP contribution >= 0.6 is 12.2 Å². The lowest BCUT2D eigenvalue weighted by Crippen LogP contribution is -2.43. The smallest absolute Gasteiger partial charge is 0.328 e. The molecule has 0 spiro atoms. The second kappa shape index (κ2) is 7.51. The van der Waals surface area contributed by atoms with E-state index in [9.17, 15) is 9.59 Å². The number of pyridine rings is 1. The van der Waals surface area contributed by atoms with Crippen molar-refractivity contribution in [2.45, 2.75) is 12.5 Å². The molecule has 2 rings (SSSR count). The maximum Gasteiger partial charge on any atom is 0.328 e. The third kappa shape index (κ3) is 4.02. The molecule has 0 bridgehead atoms. The SMILES string of the molecule is COC(=O)[C@H](Cc1ccccc1)NC(=O)c1ccc[nH]c1=S. The van der Waals surface area contributed by atoms with E-state index in [2.05, 4.69) is 10.3 Å². The summed E-state index contributed by atoms with van der Waals surface area (Å²) < 4.78 is 5.09. The maximum absolute atomic E-state index is 12.3. The lowest BCUT2D eigenvalue weighted by molar-refractivity contribution is -0.142. The summed E-state index contributed by atoms with van der Waals surface area (Å²) in [7, 11) is 1.29. The molecule has 0 fully saturated rings. The Morgan fingerprint density at radius 3 is 2.59 bits per heavy atom. The number of esters is 1. The molecule has 1 amide bonds. The number of aromatic nitrogens is 1. The fourth-order valence-corrected chi connectivity index (χ4v) is 2.25. The van der Waals surface area contributed by atoms with Crippen molar-refractivity contribution >= 4 is 24.1 Å². The molecule has 6 heteroatoms. The van der Waals surface area contributed by atoms with Crippen LogP contribution < -0.4 is 5.32 Å². The van der Waals surface area contributed by atoms with E-state index < -0.39 is 17.9 Å². The highest BCUT2D eigenvalue weighted by molar-refractivity contribution is 7.71. The highest BCUT2D eigenvalue weighted by Gasteiger charge is 2.23. The summed E-state index contributed by atoms with van der Waals surface area (Å²) in [6, 6.07) is 11.9. The molecule has 0 aliphatic carbocycles. The first-order valence-electron chi connectivity index (χ1n) is 6.72. The first-order chi connectivity index (χ1) is 10.6. The van der Waals surface area contributed by atoms with Gasteiger partial charge in [-0.2, -0.15) is 0 Å². The van der Waals surface area contributed by atoms with Crippen LogP contribution in [-0.2, 0) is 16.0 Å². The standard InChI is InChI=1S/C16H16N2O3S/c1-21-16(20)13(10-11-6-3-2-4-7-11)18-14(19)12-8-5-9-17-15(12)22/h2-9,13H,10H2,1H3,(H,17,22)(H,18,19)/t13-/m0/s1. The first kappa shape index (κ1) is 15.9. The third-order valence-electron chi connectivity index (χ3n) is 3.14. The Kier molecular flexibility index (Phi) is 5.43. The molecule has 2 N–H and O–H groups in total. The molecule has 5 nitrogen and oxygen atoms in total. The van der Waals surface area contributed by atoms with E-state index in [1.54, 1.807) is 18.3 Å². The van der Waals surface area contributed by atoms with E-state index in [1.165, 1.54) is 7.11 Å². The lowest BCUT2D eigenvalue weighted by atomic mass is 10.1. The number of carbonyl (C=O) groups is 2. The second-order valence-electron chi connectivity index (χ2n) is 4.65. The van der Waals surface area contributed by atoms with Crippen LogP contribution in [0.25, 0.3) is 0 Å². The van der Waals surface area contributed by atoms with Crippen molar-refractivity contribution in [3.8, 4) is 0 Å². The minimum Gasteiger partial charge on any atom is -0.467 e. The Morgan fingerprint density at radius 2 is 1.95 bits per heavy atom. The van der Waals surface area contributed by atoms with E-state index >= 15 is 0 Å². The number of benzene rings is 1. The summed E-state index contributed by atoms with van der Waals surface area (Å²) in [5, 5.41) is 2.67. The maximum atomic E-state index is 12.3. The molecule has 0 aliphatic rings. The van der Waals surface area contributed by atoms with Crippen molar-refractivity contribution in [3.63, 3.8) is 0 Å². The van der Waals surface area contributed by atoms with Gasteiger partial charge in [-0.05, 0) is 17.7 Å². The fourth-order valence-electron chi connectivity index (χ4n) is 2.02. The molecule has 2 aromatic rings. The molecule has 0 unspecified atom stereocenters. The molecule has 0 saturated heterocycles. The fraction of sp³-hybridized carbons (Fsp3) is 0.188. The number of methoxy groups -OCH3 is 1. The van der Waals surface area contributed by atoms with E-state index in [0.29, 0.717) is 16.6 Å². The van der Waals surface area contributed by atoms with Gasteiger partial charge in [0.15, 0.2) is 0 Å². The van der Waals surface area contributed by atoms with Crippen molar-refractivity contribution in [1.29, 1.82) is 0 Å². The summed E-state index contributed by atoms with van der Waals surface area (Å²) in [5.41, 5.74) is 1.25. The quantitative estimate of drug-likeness (QED) is 0.656. The second-order valence-corrected chi connectivity index (χ2v) is 5.06. The Morgan fingerprint density at radius 1 is 1.23 bits per heavy atom. The van der Waals surface area contributed by atoms with Crippen LogP contribution in [0.3, 0.4) is 0 Å². The molecule has 114 valence electrons. The number of hydrogen-bond donors (Lipinski definition) is 2. The zero-order chi connectivity index (χ0) is 15.9. The van der Waals surface area contributed by atoms with Crippen molar-refractivity contribution in [1.82, 2.24) is 10.3 Å². The molecule has 0 aliphatic heterocycles. The van der Waals surface area contributed by atoms with Gasteiger partial charge in [0, 0.05) is 12.6 Å². The van der Waals surface area contributed by atoms with Crippen molar-refractivity contribution < 1.29 is 14.3 Å². The van der Waals surface area contributed by atoms with Crippen LogP contribution in [0.5, 0.6) is 0 Å². The Hall–Kier alpha value is -2.47. The van der Waals surface area contributed by atoms with E-state index in [1.807, 2.05) is 30.3 Å². The van der Waals surface area contributed by atoms with Crippen LogP contribution in [0.15, 0.2) is 48.7 Å². The van der Waals surface area contributed by atoms with Crippen molar-refractivity contribution in [3.05, 3.63) is 64.4 Å². The van der Waals surface area contributed by atoms with Gasteiger partial charge >= 0.3 is 5.97 Å². The van der Waals surface area contributed by atoms with Crippen LogP contribution in [0.4, 0.5) is 0 Å². The summed E-state index contributed by atoms with van der Waals surface area (Å²) in [4.78, 5) is 27.0. The van der Waals surface area contributed by atoms with Gasteiger partial charge in [-0.3, -0.25) is 4.79 Å². The normalized spacial score (nSPS) is 11.5. The number of amides is 1. The number of H-pyrrole nitrogens is 1. The largest absolute Gasteiger partial charge is 0.467 e. The number of aromatic amines is 1. The Bertz CT molecular complexity index is 713. The molecule has 1 heterocycles. The number of ether oxygens (including phenoxy) is 1. The van der Waals surface area contributed by atoms with Crippen LogP contribution in [-0.4, -0.2) is 30.0 Å². The molecular formula is C16H16N2O3S. The lowest BCUT2D eigenvalue weighted by Gasteiger charge is -2.16. The molecule has 0 saturated carbocycles. The zero-order valence-corrected chi connectivity index (χ0v) is 12.9. The molecule has 22 heavy (non-hydrogen) atoms. The number of hydrogen-bond acceptors (Lipinski definition) is 4. The Labute approximate surface area is 133 Å². The molecular weight excluding hydrogens is 300 g/mol. The van der Waals surface area contributed by atoms with Crippen LogP contribution in [0.1, 0.15) is 15.9 Å². The van der Waals surface area contributed by atoms with Gasteiger partial charge in [0.2, 0.25) is 0 Å². The monoisotopic (exact) mass is 316 g/mol. The Balaban J connectivity index is 2.17. The van der Waals surface area contributed by atoms with Crippen LogP contribution in [0, 0.1) is 4.64 Å². The minimum absolute atomic E-state index is 0.319. The highest BCUT2D eigenvalue weighted by Crippen LogP contribution is 2.07. The van der Waals surface area contributed by atoms with Gasteiger partial charge in [0.1, 0.15) is 10.7 Å². The zero-order valence-electron chi connectivity index (χ0n) is 12.0.